The third kappa shape index (κ3) is 7.01. The van der Waals surface area contributed by atoms with Crippen LogP contribution in [0.5, 0.6) is 0 Å². The Morgan fingerprint density at radius 3 is 1.86 bits per heavy atom. The third-order valence-electron chi connectivity index (χ3n) is 4.15. The fourth-order valence-corrected chi connectivity index (χ4v) is 2.77. The first-order valence-corrected chi connectivity index (χ1v) is 8.74. The molecule has 0 radical (unpaired) electrons. The van der Waals surface area contributed by atoms with E-state index in [-0.39, 0.29) is 5.82 Å². The zero-order valence-corrected chi connectivity index (χ0v) is 14.1. The van der Waals surface area contributed by atoms with E-state index in [1.807, 2.05) is 0 Å². The first-order chi connectivity index (χ1) is 10.7. The van der Waals surface area contributed by atoms with Crippen LogP contribution in [0.25, 0.3) is 0 Å². The second-order valence-corrected chi connectivity index (χ2v) is 6.04. The normalized spacial score (nSPS) is 11.0. The Morgan fingerprint density at radius 1 is 0.955 bits per heavy atom. The number of rotatable bonds is 12. The number of carboxylic acids is 1. The standard InChI is InChI=1S/C18H30N2O2/c1-3-5-7-9-11-15(12-10-8-6-4-2)16-13-19-17(18(21)22)20-14-16/h13-15H,3-12H2,1-2H3,(H,21,22). The maximum Gasteiger partial charge on any atom is 0.373 e. The van der Waals surface area contributed by atoms with Gasteiger partial charge in [-0.3, -0.25) is 0 Å². The molecule has 0 fully saturated rings. The van der Waals surface area contributed by atoms with Gasteiger partial charge in [0.25, 0.3) is 0 Å². The van der Waals surface area contributed by atoms with E-state index in [0.717, 1.165) is 18.4 Å². The molecule has 0 amide bonds. The van der Waals surface area contributed by atoms with Gasteiger partial charge in [-0.1, -0.05) is 65.2 Å². The van der Waals surface area contributed by atoms with Crippen LogP contribution in [0.4, 0.5) is 0 Å². The second-order valence-electron chi connectivity index (χ2n) is 6.04. The second kappa shape index (κ2) is 11.2. The molecule has 4 heteroatoms. The van der Waals surface area contributed by atoms with Gasteiger partial charge in [-0.2, -0.15) is 0 Å². The van der Waals surface area contributed by atoms with Crippen molar-refractivity contribution >= 4 is 5.97 Å². The van der Waals surface area contributed by atoms with Crippen molar-refractivity contribution in [2.24, 2.45) is 0 Å². The molecule has 1 rings (SSSR count). The van der Waals surface area contributed by atoms with Crippen molar-refractivity contribution in [1.29, 1.82) is 0 Å². The van der Waals surface area contributed by atoms with E-state index in [2.05, 4.69) is 23.8 Å². The number of hydrogen-bond acceptors (Lipinski definition) is 3. The SMILES string of the molecule is CCCCCCC(CCCCCC)c1cnc(C(=O)O)nc1. The monoisotopic (exact) mass is 306 g/mol. The van der Waals surface area contributed by atoms with Gasteiger partial charge in [0.2, 0.25) is 5.82 Å². The van der Waals surface area contributed by atoms with Gasteiger partial charge in [-0.15, -0.1) is 0 Å². The molecule has 0 saturated carbocycles. The van der Waals surface area contributed by atoms with Crippen molar-refractivity contribution in [3.05, 3.63) is 23.8 Å². The Bertz CT molecular complexity index is 406. The van der Waals surface area contributed by atoms with Gasteiger partial charge in [0.1, 0.15) is 0 Å². The van der Waals surface area contributed by atoms with E-state index in [1.165, 1.54) is 51.4 Å². The first kappa shape index (κ1) is 18.6. The Hall–Kier alpha value is -1.45. The molecule has 0 unspecified atom stereocenters. The Morgan fingerprint density at radius 2 is 1.45 bits per heavy atom. The van der Waals surface area contributed by atoms with Gasteiger partial charge >= 0.3 is 5.97 Å². The highest BCUT2D eigenvalue weighted by Crippen LogP contribution is 2.27. The zero-order valence-electron chi connectivity index (χ0n) is 14.1. The largest absolute Gasteiger partial charge is 0.475 e. The van der Waals surface area contributed by atoms with Gasteiger partial charge < -0.3 is 5.11 Å². The van der Waals surface area contributed by atoms with Crippen molar-refractivity contribution in [3.8, 4) is 0 Å². The minimum atomic E-state index is -1.06. The van der Waals surface area contributed by atoms with Crippen molar-refractivity contribution < 1.29 is 9.90 Å². The number of nitrogens with zero attached hydrogens (tertiary/aromatic N) is 2. The lowest BCUT2D eigenvalue weighted by Gasteiger charge is -2.17. The summed E-state index contributed by atoms with van der Waals surface area (Å²) in [5.41, 5.74) is 1.10. The molecule has 0 spiro atoms. The summed E-state index contributed by atoms with van der Waals surface area (Å²) in [6, 6.07) is 0. The van der Waals surface area contributed by atoms with Crippen molar-refractivity contribution in [2.75, 3.05) is 0 Å². The topological polar surface area (TPSA) is 63.1 Å². The van der Waals surface area contributed by atoms with E-state index in [4.69, 9.17) is 5.11 Å². The predicted octanol–water partition coefficient (Wildman–Crippen LogP) is 5.20. The van der Waals surface area contributed by atoms with Gasteiger partial charge in [-0.05, 0) is 24.3 Å². The zero-order chi connectivity index (χ0) is 16.2. The minimum Gasteiger partial charge on any atom is -0.475 e. The van der Waals surface area contributed by atoms with Crippen LogP contribution in [0.15, 0.2) is 12.4 Å². The minimum absolute atomic E-state index is 0.112. The van der Waals surface area contributed by atoms with Crippen molar-refractivity contribution in [2.45, 2.75) is 84.0 Å². The Kier molecular flexibility index (Phi) is 9.44. The van der Waals surface area contributed by atoms with Crippen LogP contribution in [0, 0.1) is 0 Å². The molecule has 1 aromatic heterocycles. The first-order valence-electron chi connectivity index (χ1n) is 8.74. The summed E-state index contributed by atoms with van der Waals surface area (Å²) in [5, 5.41) is 8.89. The number of carbonyl (C=O) groups is 1. The highest BCUT2D eigenvalue weighted by atomic mass is 16.4. The number of aromatic carboxylic acids is 1. The molecule has 124 valence electrons. The summed E-state index contributed by atoms with van der Waals surface area (Å²) in [6.07, 6.45) is 15.8. The van der Waals surface area contributed by atoms with Gasteiger partial charge in [0.05, 0.1) is 0 Å². The lowest BCUT2D eigenvalue weighted by Crippen LogP contribution is -2.07. The number of carboxylic acid groups (broad SMARTS) is 1. The molecule has 1 heterocycles. The van der Waals surface area contributed by atoms with Crippen LogP contribution in [0.3, 0.4) is 0 Å². The summed E-state index contributed by atoms with van der Waals surface area (Å²) in [5.74, 6) is -0.704. The average molecular weight is 306 g/mol. The molecule has 0 aromatic carbocycles. The molecule has 22 heavy (non-hydrogen) atoms. The summed E-state index contributed by atoms with van der Waals surface area (Å²) in [7, 11) is 0. The van der Waals surface area contributed by atoms with Crippen LogP contribution in [0.1, 0.15) is 100 Å². The summed E-state index contributed by atoms with van der Waals surface area (Å²) >= 11 is 0. The van der Waals surface area contributed by atoms with E-state index < -0.39 is 5.97 Å². The number of hydrogen-bond donors (Lipinski definition) is 1. The highest BCUT2D eigenvalue weighted by Gasteiger charge is 2.14. The summed E-state index contributed by atoms with van der Waals surface area (Å²) in [4.78, 5) is 18.8. The molecule has 0 aliphatic carbocycles. The fourth-order valence-electron chi connectivity index (χ4n) is 2.77. The fraction of sp³-hybridized carbons (Fsp3) is 0.722. The van der Waals surface area contributed by atoms with Crippen LogP contribution < -0.4 is 0 Å². The Balaban J connectivity index is 2.59. The van der Waals surface area contributed by atoms with Gasteiger partial charge in [0.15, 0.2) is 0 Å². The van der Waals surface area contributed by atoms with Crippen LogP contribution in [0.2, 0.25) is 0 Å². The van der Waals surface area contributed by atoms with Crippen molar-refractivity contribution in [1.82, 2.24) is 9.97 Å². The highest BCUT2D eigenvalue weighted by molar-refractivity contribution is 5.82. The summed E-state index contributed by atoms with van der Waals surface area (Å²) < 4.78 is 0. The molecule has 1 aromatic rings. The lowest BCUT2D eigenvalue weighted by molar-refractivity contribution is 0.0683. The molecule has 0 atom stereocenters. The quantitative estimate of drug-likeness (QED) is 0.539. The smallest absolute Gasteiger partial charge is 0.373 e. The molecule has 0 bridgehead atoms. The maximum atomic E-state index is 10.8. The average Bonchev–Trinajstić information content (AvgIpc) is 2.53. The van der Waals surface area contributed by atoms with Crippen LogP contribution in [-0.4, -0.2) is 21.0 Å². The summed E-state index contributed by atoms with van der Waals surface area (Å²) in [6.45, 7) is 4.45. The third-order valence-corrected chi connectivity index (χ3v) is 4.15. The van der Waals surface area contributed by atoms with E-state index in [1.54, 1.807) is 12.4 Å². The van der Waals surface area contributed by atoms with E-state index >= 15 is 0 Å². The molecule has 0 aliphatic rings. The Labute approximate surface area is 134 Å². The van der Waals surface area contributed by atoms with Crippen LogP contribution in [-0.2, 0) is 0 Å². The van der Waals surface area contributed by atoms with E-state index in [0.29, 0.717) is 5.92 Å². The number of aromatic nitrogens is 2. The molecule has 0 aliphatic heterocycles. The molecule has 1 N–H and O–H groups in total. The molecular weight excluding hydrogens is 276 g/mol. The van der Waals surface area contributed by atoms with Gasteiger partial charge in [0, 0.05) is 12.4 Å². The van der Waals surface area contributed by atoms with Crippen LogP contribution >= 0.6 is 0 Å². The van der Waals surface area contributed by atoms with E-state index in [9.17, 15) is 4.79 Å². The maximum absolute atomic E-state index is 10.8. The lowest BCUT2D eigenvalue weighted by atomic mass is 9.90. The predicted molar refractivity (Wildman–Crippen MR) is 89.3 cm³/mol. The van der Waals surface area contributed by atoms with Crippen molar-refractivity contribution in [3.63, 3.8) is 0 Å². The molecule has 4 nitrogen and oxygen atoms in total. The molecule has 0 saturated heterocycles. The van der Waals surface area contributed by atoms with Gasteiger partial charge in [-0.25, -0.2) is 14.8 Å². The molecular formula is C18H30N2O2. The number of unbranched alkanes of at least 4 members (excludes halogenated alkanes) is 6.